The van der Waals surface area contributed by atoms with E-state index in [1.165, 1.54) is 12.8 Å². The molecule has 0 spiro atoms. The normalized spacial score (nSPS) is 59.3. The minimum absolute atomic E-state index is 0.0425. The van der Waals surface area contributed by atoms with Crippen LogP contribution in [0.5, 0.6) is 0 Å². The third kappa shape index (κ3) is 1.00. The summed E-state index contributed by atoms with van der Waals surface area (Å²) in [6, 6.07) is 0. The quantitative estimate of drug-likeness (QED) is 0.738. The zero-order valence-electron chi connectivity index (χ0n) is 11.4. The Morgan fingerprint density at radius 1 is 1.38 bits per heavy atom. The zero-order valence-corrected chi connectivity index (χ0v) is 10.4. The van der Waals surface area contributed by atoms with Crippen molar-refractivity contribution in [3.8, 4) is 0 Å². The fourth-order valence-electron chi connectivity index (χ4n) is 4.36. The first-order valence-corrected chi connectivity index (χ1v) is 6.26. The van der Waals surface area contributed by atoms with Gasteiger partial charge in [-0.05, 0) is 19.3 Å². The van der Waals surface area contributed by atoms with Crippen molar-refractivity contribution in [3.05, 3.63) is 0 Å². The van der Waals surface area contributed by atoms with E-state index in [0.29, 0.717) is 6.42 Å². The second kappa shape index (κ2) is 3.21. The molecule has 3 aliphatic rings. The topological polar surface area (TPSA) is 27.7 Å². The standard InChI is InChI=1S/C13H22O3/c1-4-5-11-8-12(14-2)6-7-16-10(12)13(11,9-11)15-3/h10H,4-9H2,1-3H3/t10-,11+,12+,13-/m0/s1/i7T/t7-,10-,11+,12+,13-. The maximum Gasteiger partial charge on any atom is 0.116 e. The van der Waals surface area contributed by atoms with E-state index in [1.54, 1.807) is 14.2 Å². The molecule has 0 radical (unpaired) electrons. The van der Waals surface area contributed by atoms with Crippen molar-refractivity contribution in [2.45, 2.75) is 56.3 Å². The lowest BCUT2D eigenvalue weighted by Gasteiger charge is -2.31. The highest BCUT2D eigenvalue weighted by Gasteiger charge is 2.83. The predicted molar refractivity (Wildman–Crippen MR) is 60.4 cm³/mol. The Balaban J connectivity index is 1.94. The Morgan fingerprint density at radius 2 is 2.19 bits per heavy atom. The summed E-state index contributed by atoms with van der Waals surface area (Å²) in [4.78, 5) is 0. The molecule has 0 aromatic rings. The molecule has 0 amide bonds. The van der Waals surface area contributed by atoms with Gasteiger partial charge in [0.15, 0.2) is 0 Å². The van der Waals surface area contributed by atoms with Gasteiger partial charge in [-0.1, -0.05) is 13.3 Å². The van der Waals surface area contributed by atoms with Crippen LogP contribution in [0.3, 0.4) is 0 Å². The van der Waals surface area contributed by atoms with Crippen LogP contribution in [0.2, 0.25) is 0 Å². The van der Waals surface area contributed by atoms with Gasteiger partial charge in [0.25, 0.3) is 0 Å². The number of ether oxygens (including phenoxy) is 3. The van der Waals surface area contributed by atoms with Crippen molar-refractivity contribution in [1.82, 2.24) is 0 Å². The van der Waals surface area contributed by atoms with E-state index in [0.717, 1.165) is 12.8 Å². The molecule has 2 saturated carbocycles. The number of methoxy groups -OCH3 is 2. The number of rotatable bonds is 4. The van der Waals surface area contributed by atoms with Gasteiger partial charge in [0.1, 0.15) is 11.7 Å². The van der Waals surface area contributed by atoms with Crippen molar-refractivity contribution in [3.63, 3.8) is 0 Å². The van der Waals surface area contributed by atoms with Crippen LogP contribution < -0.4 is 0 Å². The van der Waals surface area contributed by atoms with E-state index in [-0.39, 0.29) is 22.7 Å². The van der Waals surface area contributed by atoms with Gasteiger partial charge in [-0.15, -0.1) is 0 Å². The molecule has 0 aromatic heterocycles. The molecule has 3 fully saturated rings. The van der Waals surface area contributed by atoms with E-state index in [9.17, 15) is 0 Å². The number of hydrogen-bond acceptors (Lipinski definition) is 3. The maximum absolute atomic E-state index is 7.84. The van der Waals surface area contributed by atoms with Gasteiger partial charge >= 0.3 is 0 Å². The molecule has 0 unspecified atom stereocenters. The first-order valence-electron chi connectivity index (χ1n) is 6.84. The van der Waals surface area contributed by atoms with Crippen molar-refractivity contribution >= 4 is 0 Å². The van der Waals surface area contributed by atoms with Crippen LogP contribution >= 0.6 is 0 Å². The summed E-state index contributed by atoms with van der Waals surface area (Å²) in [6.07, 6.45) is 5.06. The average molecular weight is 228 g/mol. The lowest BCUT2D eigenvalue weighted by Crippen LogP contribution is -2.44. The van der Waals surface area contributed by atoms with Gasteiger partial charge in [0, 0.05) is 26.1 Å². The summed E-state index contributed by atoms with van der Waals surface area (Å²) in [5.74, 6) is 0. The summed E-state index contributed by atoms with van der Waals surface area (Å²) >= 11 is 0. The zero-order chi connectivity index (χ0) is 12.3. The SMILES string of the molecule is [3H][C@H]1C[C@@]2(OC)C[C@]3(CCC)C[C@]3(OC)[C@H]2O1. The molecule has 16 heavy (non-hydrogen) atoms. The molecule has 92 valence electrons. The van der Waals surface area contributed by atoms with Crippen LogP contribution in [0.1, 0.15) is 40.4 Å². The van der Waals surface area contributed by atoms with E-state index < -0.39 is 6.58 Å². The van der Waals surface area contributed by atoms with Gasteiger partial charge in [-0.25, -0.2) is 0 Å². The van der Waals surface area contributed by atoms with Crippen LogP contribution in [-0.2, 0) is 14.2 Å². The highest BCUT2D eigenvalue weighted by molar-refractivity contribution is 5.33. The molecule has 5 atom stereocenters. The molecule has 1 saturated heterocycles. The molecule has 3 nitrogen and oxygen atoms in total. The largest absolute Gasteiger partial charge is 0.375 e. The molecule has 3 rings (SSSR count). The van der Waals surface area contributed by atoms with E-state index in [2.05, 4.69) is 6.92 Å². The fourth-order valence-corrected chi connectivity index (χ4v) is 4.36. The van der Waals surface area contributed by atoms with Crippen LogP contribution in [-0.4, -0.2) is 38.1 Å². The van der Waals surface area contributed by atoms with Gasteiger partial charge in [0.05, 0.1) is 13.6 Å². The van der Waals surface area contributed by atoms with Crippen LogP contribution in [0.4, 0.5) is 0 Å². The maximum atomic E-state index is 7.84. The van der Waals surface area contributed by atoms with Gasteiger partial charge in [-0.2, -0.15) is 0 Å². The summed E-state index contributed by atoms with van der Waals surface area (Å²) in [5, 5.41) is 0. The predicted octanol–water partition coefficient (Wildman–Crippen LogP) is 2.14. The third-order valence-corrected chi connectivity index (χ3v) is 5.07. The molecule has 1 heterocycles. The highest BCUT2D eigenvalue weighted by Crippen LogP contribution is 2.75. The number of hydrogen-bond donors (Lipinski definition) is 0. The lowest BCUT2D eigenvalue weighted by atomic mass is 9.88. The van der Waals surface area contributed by atoms with Gasteiger partial charge < -0.3 is 14.2 Å². The molecule has 0 bridgehead atoms. The summed E-state index contributed by atoms with van der Waals surface area (Å²) in [7, 11) is 3.53. The molecular weight excluding hydrogens is 204 g/mol. The molecular formula is C13H22O3. The second-order valence-corrected chi connectivity index (χ2v) is 5.63. The van der Waals surface area contributed by atoms with Crippen LogP contribution in [0, 0.1) is 5.41 Å². The van der Waals surface area contributed by atoms with E-state index in [4.69, 9.17) is 15.6 Å². The van der Waals surface area contributed by atoms with Crippen molar-refractivity contribution in [2.24, 2.45) is 5.41 Å². The first kappa shape index (κ1) is 9.86. The third-order valence-electron chi connectivity index (χ3n) is 5.07. The van der Waals surface area contributed by atoms with Crippen molar-refractivity contribution < 1.29 is 15.6 Å². The minimum atomic E-state index is -0.452. The fraction of sp³-hybridized carbons (Fsp3) is 1.00. The van der Waals surface area contributed by atoms with Crippen molar-refractivity contribution in [2.75, 3.05) is 20.8 Å². The molecule has 3 heteroatoms. The van der Waals surface area contributed by atoms with Gasteiger partial charge in [0.2, 0.25) is 0 Å². The van der Waals surface area contributed by atoms with Crippen molar-refractivity contribution in [1.29, 1.82) is 0 Å². The Kier molecular flexibility index (Phi) is 1.98. The molecule has 1 aliphatic heterocycles. The molecule has 0 aromatic carbocycles. The van der Waals surface area contributed by atoms with Crippen LogP contribution in [0.15, 0.2) is 0 Å². The van der Waals surface area contributed by atoms with E-state index >= 15 is 0 Å². The Hall–Kier alpha value is -0.120. The Morgan fingerprint density at radius 3 is 2.81 bits per heavy atom. The summed E-state index contributed by atoms with van der Waals surface area (Å²) in [5.41, 5.74) is -0.192. The smallest absolute Gasteiger partial charge is 0.116 e. The Labute approximate surface area is 98.8 Å². The molecule has 0 N–H and O–H groups in total. The lowest BCUT2D eigenvalue weighted by molar-refractivity contribution is -0.113. The number of fused-ring (bicyclic) bond motifs is 3. The minimum Gasteiger partial charge on any atom is -0.375 e. The van der Waals surface area contributed by atoms with Crippen LogP contribution in [0.25, 0.3) is 0 Å². The monoisotopic (exact) mass is 228 g/mol. The molecule has 2 aliphatic carbocycles. The van der Waals surface area contributed by atoms with Gasteiger partial charge in [-0.3, -0.25) is 0 Å². The highest BCUT2D eigenvalue weighted by atomic mass is 16.6. The Bertz CT molecular complexity index is 337. The average Bonchev–Trinajstić information content (AvgIpc) is 2.69. The second-order valence-electron chi connectivity index (χ2n) is 5.63. The summed E-state index contributed by atoms with van der Waals surface area (Å²) in [6.45, 7) is 1.77. The van der Waals surface area contributed by atoms with E-state index in [1.807, 2.05) is 0 Å². The summed E-state index contributed by atoms with van der Waals surface area (Å²) < 4.78 is 25.2. The first-order chi connectivity index (χ1) is 8.08.